The average Bonchev–Trinajstić information content (AvgIpc) is 2.55. The topological polar surface area (TPSA) is 190 Å². The first-order chi connectivity index (χ1) is 10.8. The van der Waals surface area contributed by atoms with Gasteiger partial charge in [0.05, 0.1) is 13.2 Å². The molecule has 0 bridgehead atoms. The van der Waals surface area contributed by atoms with Crippen LogP contribution in [0.4, 0.5) is 0 Å². The Morgan fingerprint density at radius 2 is 1.26 bits per heavy atom. The van der Waals surface area contributed by atoms with Gasteiger partial charge in [-0.15, -0.1) is 0 Å². The lowest BCUT2D eigenvalue weighted by Gasteiger charge is -2.45. The molecule has 0 amide bonds. The number of rotatable bonds is 4. The normalized spacial score (nSPS) is 51.7. The van der Waals surface area contributed by atoms with Crippen LogP contribution in [0.15, 0.2) is 0 Å². The van der Waals surface area contributed by atoms with Crippen molar-refractivity contribution in [2.24, 2.45) is 0 Å². The van der Waals surface area contributed by atoms with E-state index >= 15 is 0 Å². The monoisotopic (exact) mass is 342 g/mol. The van der Waals surface area contributed by atoms with Crippen molar-refractivity contribution in [3.05, 3.63) is 0 Å². The Labute approximate surface area is 130 Å². The van der Waals surface area contributed by atoms with Crippen LogP contribution in [0.25, 0.3) is 0 Å². The van der Waals surface area contributed by atoms with Crippen LogP contribution in [0.2, 0.25) is 0 Å². The van der Waals surface area contributed by atoms with Gasteiger partial charge in [-0.1, -0.05) is 0 Å². The lowest BCUT2D eigenvalue weighted by Crippen LogP contribution is -2.64. The molecule has 8 N–H and O–H groups in total. The first kappa shape index (κ1) is 18.9. The second-order valence-electron chi connectivity index (χ2n) is 5.53. The Bertz CT molecular complexity index is 378. The lowest BCUT2D eigenvalue weighted by molar-refractivity contribution is -0.355. The summed E-state index contributed by atoms with van der Waals surface area (Å²) in [6.07, 6.45) is -15.6. The summed E-state index contributed by atoms with van der Waals surface area (Å²) >= 11 is 0. The lowest BCUT2D eigenvalue weighted by atomic mass is 9.97. The molecule has 0 aromatic rings. The first-order valence-corrected chi connectivity index (χ1v) is 7.08. The van der Waals surface area contributed by atoms with Gasteiger partial charge in [-0.2, -0.15) is 0 Å². The molecule has 0 aliphatic carbocycles. The Kier molecular flexibility index (Phi) is 6.27. The quantitative estimate of drug-likeness (QED) is 0.243. The molecule has 2 aliphatic heterocycles. The van der Waals surface area contributed by atoms with Crippen LogP contribution in [0.3, 0.4) is 0 Å². The smallest absolute Gasteiger partial charge is 0.187 e. The largest absolute Gasteiger partial charge is 0.394 e. The van der Waals surface area contributed by atoms with Crippen molar-refractivity contribution in [3.63, 3.8) is 0 Å². The molecule has 136 valence electrons. The van der Waals surface area contributed by atoms with E-state index in [1.807, 2.05) is 0 Å². The molecule has 2 saturated heterocycles. The van der Waals surface area contributed by atoms with E-state index in [0.29, 0.717) is 0 Å². The van der Waals surface area contributed by atoms with Crippen molar-refractivity contribution >= 4 is 0 Å². The third-order valence-corrected chi connectivity index (χ3v) is 3.98. The molecule has 2 rings (SSSR count). The third-order valence-electron chi connectivity index (χ3n) is 3.98. The fraction of sp³-hybridized carbons (Fsp3) is 1.00. The van der Waals surface area contributed by atoms with Crippen LogP contribution in [0.5, 0.6) is 0 Å². The van der Waals surface area contributed by atoms with Gasteiger partial charge in [0, 0.05) is 0 Å². The Morgan fingerprint density at radius 1 is 0.652 bits per heavy atom. The summed E-state index contributed by atoms with van der Waals surface area (Å²) in [5.74, 6) is 0. The molecule has 4 unspecified atom stereocenters. The number of aliphatic hydroxyl groups is 8. The maximum atomic E-state index is 9.94. The molecule has 2 aliphatic rings. The predicted octanol–water partition coefficient (Wildman–Crippen LogP) is -5.40. The molecular formula is C12H22O11. The molecule has 23 heavy (non-hydrogen) atoms. The van der Waals surface area contributed by atoms with Crippen molar-refractivity contribution in [1.29, 1.82) is 0 Å². The van der Waals surface area contributed by atoms with Crippen molar-refractivity contribution in [2.75, 3.05) is 13.2 Å². The van der Waals surface area contributed by atoms with E-state index in [9.17, 15) is 35.7 Å². The summed E-state index contributed by atoms with van der Waals surface area (Å²) in [6.45, 7) is -1.35. The van der Waals surface area contributed by atoms with Crippen molar-refractivity contribution in [3.8, 4) is 0 Å². The highest BCUT2D eigenvalue weighted by Crippen LogP contribution is 2.28. The summed E-state index contributed by atoms with van der Waals surface area (Å²) in [6, 6.07) is 0. The van der Waals surface area contributed by atoms with Crippen LogP contribution in [0.1, 0.15) is 0 Å². The SMILES string of the molecule is OC[C@H]1OC(O)[C@H](O)[C@@H](O)C1OC1O[C@H](CO)[C@@H](O)C(O)[C@H]1O. The average molecular weight is 342 g/mol. The van der Waals surface area contributed by atoms with E-state index in [-0.39, 0.29) is 0 Å². The zero-order valence-electron chi connectivity index (χ0n) is 12.0. The maximum absolute atomic E-state index is 9.94. The number of ether oxygens (including phenoxy) is 3. The molecule has 2 heterocycles. The van der Waals surface area contributed by atoms with Gasteiger partial charge >= 0.3 is 0 Å². The molecular weight excluding hydrogens is 320 g/mol. The maximum Gasteiger partial charge on any atom is 0.187 e. The van der Waals surface area contributed by atoms with E-state index in [0.717, 1.165) is 0 Å². The minimum absolute atomic E-state index is 0.667. The van der Waals surface area contributed by atoms with E-state index < -0.39 is 74.6 Å². The highest BCUT2D eigenvalue weighted by molar-refractivity contribution is 4.93. The van der Waals surface area contributed by atoms with Crippen LogP contribution < -0.4 is 0 Å². The van der Waals surface area contributed by atoms with Crippen LogP contribution >= 0.6 is 0 Å². The standard InChI is InChI=1S/C12H22O11/c13-1-3-5(15)6(16)9(19)12(22-3)23-10-4(2-14)21-11(20)8(18)7(10)17/h3-20H,1-2H2/t3-,4-,5-,6?,7-,8-,9-,10?,11?,12?/m1/s1. The number of hydrogen-bond donors (Lipinski definition) is 8. The van der Waals surface area contributed by atoms with Gasteiger partial charge in [-0.3, -0.25) is 0 Å². The number of hydrogen-bond acceptors (Lipinski definition) is 11. The Morgan fingerprint density at radius 3 is 1.83 bits per heavy atom. The molecule has 0 saturated carbocycles. The minimum atomic E-state index is -1.74. The summed E-state index contributed by atoms with van der Waals surface area (Å²) in [7, 11) is 0. The van der Waals surface area contributed by atoms with Gasteiger partial charge in [0.1, 0.15) is 48.8 Å². The molecule has 0 radical (unpaired) electrons. The highest BCUT2D eigenvalue weighted by atomic mass is 16.7. The molecule has 11 nitrogen and oxygen atoms in total. The van der Waals surface area contributed by atoms with Crippen molar-refractivity contribution in [1.82, 2.24) is 0 Å². The van der Waals surface area contributed by atoms with E-state index in [1.165, 1.54) is 0 Å². The van der Waals surface area contributed by atoms with Crippen LogP contribution in [-0.2, 0) is 14.2 Å². The zero-order valence-corrected chi connectivity index (χ0v) is 12.0. The molecule has 10 atom stereocenters. The number of aliphatic hydroxyl groups excluding tert-OH is 8. The first-order valence-electron chi connectivity index (χ1n) is 7.08. The van der Waals surface area contributed by atoms with Crippen molar-refractivity contribution in [2.45, 2.75) is 61.4 Å². The zero-order chi connectivity index (χ0) is 17.3. The predicted molar refractivity (Wildman–Crippen MR) is 68.6 cm³/mol. The summed E-state index contributed by atoms with van der Waals surface area (Å²) in [4.78, 5) is 0. The van der Waals surface area contributed by atoms with Gasteiger partial charge in [0.25, 0.3) is 0 Å². The van der Waals surface area contributed by atoms with Gasteiger partial charge in [-0.05, 0) is 0 Å². The minimum Gasteiger partial charge on any atom is -0.394 e. The molecule has 11 heteroatoms. The van der Waals surface area contributed by atoms with E-state index in [2.05, 4.69) is 0 Å². The van der Waals surface area contributed by atoms with Gasteiger partial charge < -0.3 is 55.1 Å². The molecule has 2 fully saturated rings. The summed E-state index contributed by atoms with van der Waals surface area (Å²) in [5.41, 5.74) is 0. The third kappa shape index (κ3) is 3.65. The molecule has 0 aromatic heterocycles. The van der Waals surface area contributed by atoms with Crippen LogP contribution in [-0.4, -0.2) is 115 Å². The van der Waals surface area contributed by atoms with Crippen LogP contribution in [0, 0.1) is 0 Å². The van der Waals surface area contributed by atoms with Gasteiger partial charge in [0.2, 0.25) is 0 Å². The Balaban J connectivity index is 2.11. The molecule has 0 aromatic carbocycles. The molecule has 0 spiro atoms. The summed E-state index contributed by atoms with van der Waals surface area (Å²) in [5, 5.41) is 76.5. The Hall–Kier alpha value is -0.440. The van der Waals surface area contributed by atoms with E-state index in [4.69, 9.17) is 19.3 Å². The second-order valence-corrected chi connectivity index (χ2v) is 5.53. The fourth-order valence-corrected chi connectivity index (χ4v) is 2.57. The summed E-state index contributed by atoms with van der Waals surface area (Å²) < 4.78 is 15.3. The second kappa shape index (κ2) is 7.63. The van der Waals surface area contributed by atoms with E-state index in [1.54, 1.807) is 0 Å². The highest BCUT2D eigenvalue weighted by Gasteiger charge is 2.50. The van der Waals surface area contributed by atoms with Crippen molar-refractivity contribution < 1.29 is 55.1 Å². The van der Waals surface area contributed by atoms with Gasteiger partial charge in [-0.25, -0.2) is 0 Å². The fourth-order valence-electron chi connectivity index (χ4n) is 2.57. The van der Waals surface area contributed by atoms with Gasteiger partial charge in [0.15, 0.2) is 12.6 Å².